The van der Waals surface area contributed by atoms with Gasteiger partial charge in [0.2, 0.25) is 0 Å². The van der Waals surface area contributed by atoms with E-state index in [0.717, 1.165) is 10.7 Å². The van der Waals surface area contributed by atoms with Gasteiger partial charge in [-0.25, -0.2) is 9.78 Å². The number of aromatic nitrogens is 1. The van der Waals surface area contributed by atoms with E-state index in [1.54, 1.807) is 11.3 Å². The van der Waals surface area contributed by atoms with Gasteiger partial charge in [0.1, 0.15) is 0 Å². The van der Waals surface area contributed by atoms with E-state index in [2.05, 4.69) is 36.4 Å². The average molecular weight is 299 g/mol. The second-order valence-corrected chi connectivity index (χ2v) is 6.71. The second-order valence-electron chi connectivity index (χ2n) is 5.85. The molecule has 0 aliphatic rings. The van der Waals surface area contributed by atoms with Gasteiger partial charge in [0.15, 0.2) is 0 Å². The van der Waals surface area contributed by atoms with Crippen molar-refractivity contribution in [2.75, 3.05) is 6.54 Å². The molecule has 0 saturated heterocycles. The highest BCUT2D eigenvalue weighted by molar-refractivity contribution is 7.09. The third-order valence-electron chi connectivity index (χ3n) is 2.86. The van der Waals surface area contributed by atoms with E-state index in [4.69, 9.17) is 0 Å². The minimum atomic E-state index is -0.344. The first kappa shape index (κ1) is 16.9. The van der Waals surface area contributed by atoms with Gasteiger partial charge in [0.05, 0.1) is 23.4 Å². The lowest BCUT2D eigenvalue weighted by Gasteiger charge is -2.13. The third kappa shape index (κ3) is 5.88. The third-order valence-corrected chi connectivity index (χ3v) is 4.17. The van der Waals surface area contributed by atoms with Crippen LogP contribution < -0.4 is 10.6 Å². The van der Waals surface area contributed by atoms with E-state index < -0.39 is 0 Å². The Morgan fingerprint density at radius 3 is 2.70 bits per heavy atom. The average Bonchev–Trinajstić information content (AvgIpc) is 2.84. The maximum Gasteiger partial charge on any atom is 0.315 e. The first-order valence-electron chi connectivity index (χ1n) is 6.97. The van der Waals surface area contributed by atoms with Gasteiger partial charge >= 0.3 is 6.03 Å². The zero-order valence-electron chi connectivity index (χ0n) is 12.7. The summed E-state index contributed by atoms with van der Waals surface area (Å²) in [5.74, 6) is 0. The summed E-state index contributed by atoms with van der Waals surface area (Å²) in [7, 11) is 0. The number of aliphatic hydroxyl groups is 1. The molecule has 0 bridgehead atoms. The lowest BCUT2D eigenvalue weighted by atomic mass is 9.98. The highest BCUT2D eigenvalue weighted by Gasteiger charge is 2.17. The predicted octanol–water partition coefficient (Wildman–Crippen LogP) is 2.40. The van der Waals surface area contributed by atoms with Crippen molar-refractivity contribution >= 4 is 17.4 Å². The number of carbonyl (C=O) groups is 1. The first-order chi connectivity index (χ1) is 9.32. The zero-order chi connectivity index (χ0) is 15.2. The van der Waals surface area contributed by atoms with Gasteiger partial charge in [0, 0.05) is 17.3 Å². The fourth-order valence-electron chi connectivity index (χ4n) is 1.52. The van der Waals surface area contributed by atoms with Crippen molar-refractivity contribution in [3.05, 3.63) is 16.1 Å². The van der Waals surface area contributed by atoms with Gasteiger partial charge < -0.3 is 15.7 Å². The number of rotatable bonds is 6. The molecule has 0 aliphatic heterocycles. The number of carbonyl (C=O) groups excluding carboxylic acids is 1. The SMILES string of the molecule is CCC(O)CCNC(=O)NCc1csc(C(C)(C)C)n1. The number of urea groups is 1. The maximum absolute atomic E-state index is 11.6. The molecule has 1 aromatic heterocycles. The maximum atomic E-state index is 11.6. The van der Waals surface area contributed by atoms with Crippen LogP contribution in [0, 0.1) is 0 Å². The summed E-state index contributed by atoms with van der Waals surface area (Å²) in [6, 6.07) is -0.224. The minimum absolute atomic E-state index is 0.0431. The lowest BCUT2D eigenvalue weighted by molar-refractivity contribution is 0.160. The largest absolute Gasteiger partial charge is 0.393 e. The Morgan fingerprint density at radius 1 is 1.45 bits per heavy atom. The molecule has 0 aromatic carbocycles. The van der Waals surface area contributed by atoms with Crippen LogP contribution in [0.15, 0.2) is 5.38 Å². The van der Waals surface area contributed by atoms with Crippen LogP contribution >= 0.6 is 11.3 Å². The molecule has 6 heteroatoms. The quantitative estimate of drug-likeness (QED) is 0.755. The number of hydrogen-bond acceptors (Lipinski definition) is 4. The van der Waals surface area contributed by atoms with Gasteiger partial charge in [-0.15, -0.1) is 11.3 Å². The van der Waals surface area contributed by atoms with Crippen molar-refractivity contribution < 1.29 is 9.90 Å². The van der Waals surface area contributed by atoms with Crippen molar-refractivity contribution in [1.29, 1.82) is 0 Å². The normalized spacial score (nSPS) is 13.1. The summed E-state index contributed by atoms with van der Waals surface area (Å²) < 4.78 is 0. The molecule has 1 unspecified atom stereocenters. The number of nitrogens with zero attached hydrogens (tertiary/aromatic N) is 1. The number of nitrogens with one attached hydrogen (secondary N) is 2. The molecular weight excluding hydrogens is 274 g/mol. The fourth-order valence-corrected chi connectivity index (χ4v) is 2.43. The van der Waals surface area contributed by atoms with Crippen molar-refractivity contribution in [2.24, 2.45) is 0 Å². The Balaban J connectivity index is 2.29. The van der Waals surface area contributed by atoms with E-state index in [1.807, 2.05) is 12.3 Å². The molecule has 1 heterocycles. The molecule has 3 N–H and O–H groups in total. The van der Waals surface area contributed by atoms with Crippen LogP contribution in [-0.2, 0) is 12.0 Å². The van der Waals surface area contributed by atoms with Gasteiger partial charge in [0.25, 0.3) is 0 Å². The summed E-state index contributed by atoms with van der Waals surface area (Å²) in [5.41, 5.74) is 0.922. The van der Waals surface area contributed by atoms with E-state index in [0.29, 0.717) is 25.9 Å². The summed E-state index contributed by atoms with van der Waals surface area (Å²) in [6.07, 6.45) is 0.940. The Hall–Kier alpha value is -1.14. The van der Waals surface area contributed by atoms with Crippen molar-refractivity contribution in [1.82, 2.24) is 15.6 Å². The van der Waals surface area contributed by atoms with Gasteiger partial charge in [-0.2, -0.15) is 0 Å². The highest BCUT2D eigenvalue weighted by Crippen LogP contribution is 2.25. The lowest BCUT2D eigenvalue weighted by Crippen LogP contribution is -2.36. The molecule has 5 nitrogen and oxygen atoms in total. The molecule has 0 spiro atoms. The number of hydrogen-bond donors (Lipinski definition) is 3. The Labute approximate surface area is 124 Å². The van der Waals surface area contributed by atoms with Gasteiger partial charge in [-0.05, 0) is 12.8 Å². The summed E-state index contributed by atoms with van der Waals surface area (Å²) in [5, 5.41) is 17.9. The predicted molar refractivity (Wildman–Crippen MR) is 82.0 cm³/mol. The topological polar surface area (TPSA) is 74.2 Å². The molecule has 114 valence electrons. The van der Waals surface area contributed by atoms with Crippen molar-refractivity contribution in [3.8, 4) is 0 Å². The summed E-state index contributed by atoms with van der Waals surface area (Å²) >= 11 is 1.62. The van der Waals surface area contributed by atoms with Crippen LogP contribution in [-0.4, -0.2) is 28.8 Å². The number of aliphatic hydroxyl groups excluding tert-OH is 1. The molecule has 2 amide bonds. The van der Waals surface area contributed by atoms with Crippen molar-refractivity contribution in [2.45, 2.75) is 58.6 Å². The highest BCUT2D eigenvalue weighted by atomic mass is 32.1. The zero-order valence-corrected chi connectivity index (χ0v) is 13.5. The van der Waals surface area contributed by atoms with E-state index >= 15 is 0 Å². The van der Waals surface area contributed by atoms with Crippen LogP contribution in [0.3, 0.4) is 0 Å². The van der Waals surface area contributed by atoms with Crippen LogP contribution in [0.2, 0.25) is 0 Å². The molecule has 0 fully saturated rings. The number of amides is 2. The Bertz CT molecular complexity index is 426. The number of thiazole rings is 1. The fraction of sp³-hybridized carbons (Fsp3) is 0.714. The van der Waals surface area contributed by atoms with Gasteiger partial charge in [-0.1, -0.05) is 27.7 Å². The smallest absolute Gasteiger partial charge is 0.315 e. The Morgan fingerprint density at radius 2 is 2.15 bits per heavy atom. The van der Waals surface area contributed by atoms with Crippen LogP contribution in [0.1, 0.15) is 51.2 Å². The molecule has 1 atom stereocenters. The second kappa shape index (κ2) is 7.59. The molecule has 0 saturated carbocycles. The van der Waals surface area contributed by atoms with Gasteiger partial charge in [-0.3, -0.25) is 0 Å². The van der Waals surface area contributed by atoms with E-state index in [1.165, 1.54) is 0 Å². The van der Waals surface area contributed by atoms with Crippen LogP contribution in [0.25, 0.3) is 0 Å². The first-order valence-corrected chi connectivity index (χ1v) is 7.85. The van der Waals surface area contributed by atoms with Crippen molar-refractivity contribution in [3.63, 3.8) is 0 Å². The van der Waals surface area contributed by atoms with E-state index in [9.17, 15) is 9.90 Å². The molecule has 0 aliphatic carbocycles. The van der Waals surface area contributed by atoms with Crippen LogP contribution in [0.4, 0.5) is 4.79 Å². The van der Waals surface area contributed by atoms with E-state index in [-0.39, 0.29) is 17.6 Å². The molecule has 20 heavy (non-hydrogen) atoms. The Kier molecular flexibility index (Phi) is 6.42. The minimum Gasteiger partial charge on any atom is -0.393 e. The molecule has 1 aromatic rings. The molecule has 0 radical (unpaired) electrons. The summed E-state index contributed by atoms with van der Waals surface area (Å²) in [4.78, 5) is 16.1. The summed E-state index contributed by atoms with van der Waals surface area (Å²) in [6.45, 7) is 9.18. The molecule has 1 rings (SSSR count). The van der Waals surface area contributed by atoms with Crippen LogP contribution in [0.5, 0.6) is 0 Å². The monoisotopic (exact) mass is 299 g/mol. The standard InChI is InChI=1S/C14H25N3O2S/c1-5-11(18)6-7-15-13(19)16-8-10-9-20-12(17-10)14(2,3)4/h9,11,18H,5-8H2,1-4H3,(H2,15,16,19). The molecular formula is C14H25N3O2S.